The molecule has 0 aromatic carbocycles. The number of likely N-dealkylation sites (tertiary alicyclic amines) is 1. The smallest absolute Gasteiger partial charge is 0.255 e. The van der Waals surface area contributed by atoms with Gasteiger partial charge in [0.15, 0.2) is 5.60 Å². The maximum atomic E-state index is 12.7. The molecule has 0 spiro atoms. The standard InChI is InChI=1S/C17H28N6O4/c1-27-10-9-23-4-2-3-17(26,15(23)25)12-21-5-7-22(8-6-21)13-11-14(24)20-16(18)19-13/h11,26H,2-10,12H2,1H3,(H3,18,19,20,24). The van der Waals surface area contributed by atoms with Crippen molar-refractivity contribution in [2.24, 2.45) is 0 Å². The topological polar surface area (TPSA) is 128 Å². The van der Waals surface area contributed by atoms with E-state index in [-0.39, 0.29) is 17.4 Å². The number of methoxy groups -OCH3 is 1. The molecular weight excluding hydrogens is 352 g/mol. The Labute approximate surface area is 157 Å². The molecule has 2 aliphatic rings. The number of piperazine rings is 1. The summed E-state index contributed by atoms with van der Waals surface area (Å²) in [6.45, 7) is 4.57. The van der Waals surface area contributed by atoms with Crippen LogP contribution in [0.15, 0.2) is 10.9 Å². The van der Waals surface area contributed by atoms with Crippen molar-refractivity contribution >= 4 is 17.7 Å². The summed E-state index contributed by atoms with van der Waals surface area (Å²) in [6, 6.07) is 1.43. The SMILES string of the molecule is COCCN1CCCC(O)(CN2CCN(c3cc(=O)[nH]c(N)n3)CC2)C1=O. The summed E-state index contributed by atoms with van der Waals surface area (Å²) in [7, 11) is 1.60. The number of anilines is 2. The van der Waals surface area contributed by atoms with Crippen LogP contribution < -0.4 is 16.2 Å². The first kappa shape index (κ1) is 19.6. The second-order valence-corrected chi connectivity index (χ2v) is 7.17. The highest BCUT2D eigenvalue weighted by Crippen LogP contribution is 2.25. The van der Waals surface area contributed by atoms with Crippen molar-refractivity contribution in [3.8, 4) is 0 Å². The second-order valence-electron chi connectivity index (χ2n) is 7.17. The molecule has 3 heterocycles. The zero-order valence-corrected chi connectivity index (χ0v) is 15.7. The summed E-state index contributed by atoms with van der Waals surface area (Å²) in [5.74, 6) is 0.435. The van der Waals surface area contributed by atoms with Crippen LogP contribution in [0.5, 0.6) is 0 Å². The molecule has 0 bridgehead atoms. The van der Waals surface area contributed by atoms with Gasteiger partial charge in [0, 0.05) is 59.0 Å². The fraction of sp³-hybridized carbons (Fsp3) is 0.706. The molecule has 2 aliphatic heterocycles. The number of piperidine rings is 1. The highest BCUT2D eigenvalue weighted by atomic mass is 16.5. The number of aromatic amines is 1. The molecule has 1 amide bonds. The summed E-state index contributed by atoms with van der Waals surface area (Å²) in [5.41, 5.74) is 3.98. The Balaban J connectivity index is 1.58. The van der Waals surface area contributed by atoms with Crippen LogP contribution in [-0.4, -0.2) is 95.9 Å². The fourth-order valence-corrected chi connectivity index (χ4v) is 3.76. The lowest BCUT2D eigenvalue weighted by Crippen LogP contribution is -2.61. The van der Waals surface area contributed by atoms with E-state index in [9.17, 15) is 14.7 Å². The van der Waals surface area contributed by atoms with E-state index in [0.29, 0.717) is 64.7 Å². The van der Waals surface area contributed by atoms with Crippen LogP contribution in [-0.2, 0) is 9.53 Å². The van der Waals surface area contributed by atoms with Crippen molar-refractivity contribution in [3.05, 3.63) is 16.4 Å². The van der Waals surface area contributed by atoms with Gasteiger partial charge in [-0.15, -0.1) is 0 Å². The molecule has 27 heavy (non-hydrogen) atoms. The minimum atomic E-state index is -1.35. The summed E-state index contributed by atoms with van der Waals surface area (Å²) >= 11 is 0. The lowest BCUT2D eigenvalue weighted by atomic mass is 9.91. The van der Waals surface area contributed by atoms with Crippen LogP contribution in [0, 0.1) is 0 Å². The van der Waals surface area contributed by atoms with E-state index in [2.05, 4.69) is 14.9 Å². The zero-order chi connectivity index (χ0) is 19.4. The van der Waals surface area contributed by atoms with Gasteiger partial charge in [-0.3, -0.25) is 19.5 Å². The Morgan fingerprint density at radius 3 is 2.70 bits per heavy atom. The van der Waals surface area contributed by atoms with Crippen LogP contribution in [0.4, 0.5) is 11.8 Å². The third-order valence-electron chi connectivity index (χ3n) is 5.20. The number of nitrogens with zero attached hydrogens (tertiary/aromatic N) is 4. The molecule has 0 radical (unpaired) electrons. The summed E-state index contributed by atoms with van der Waals surface area (Å²) < 4.78 is 5.05. The monoisotopic (exact) mass is 380 g/mol. The molecule has 10 nitrogen and oxygen atoms in total. The van der Waals surface area contributed by atoms with Gasteiger partial charge in [-0.2, -0.15) is 4.98 Å². The number of nitrogens with one attached hydrogen (secondary N) is 1. The lowest BCUT2D eigenvalue weighted by molar-refractivity contribution is -0.160. The van der Waals surface area contributed by atoms with Gasteiger partial charge in [-0.05, 0) is 12.8 Å². The van der Waals surface area contributed by atoms with E-state index in [4.69, 9.17) is 10.5 Å². The van der Waals surface area contributed by atoms with E-state index in [0.717, 1.165) is 6.42 Å². The highest BCUT2D eigenvalue weighted by Gasteiger charge is 2.43. The number of hydrogen-bond acceptors (Lipinski definition) is 8. The van der Waals surface area contributed by atoms with Crippen molar-refractivity contribution in [3.63, 3.8) is 0 Å². The minimum absolute atomic E-state index is 0.0955. The average molecular weight is 380 g/mol. The molecule has 4 N–H and O–H groups in total. The maximum absolute atomic E-state index is 12.7. The molecule has 2 fully saturated rings. The number of amides is 1. The third kappa shape index (κ3) is 4.57. The van der Waals surface area contributed by atoms with Crippen LogP contribution in [0.1, 0.15) is 12.8 Å². The van der Waals surface area contributed by atoms with Gasteiger partial charge in [0.2, 0.25) is 5.95 Å². The first-order valence-electron chi connectivity index (χ1n) is 9.26. The predicted octanol–water partition coefficient (Wildman–Crippen LogP) is -1.53. The average Bonchev–Trinajstić information content (AvgIpc) is 2.63. The van der Waals surface area contributed by atoms with Crippen molar-refractivity contribution in [2.75, 3.05) is 70.2 Å². The van der Waals surface area contributed by atoms with E-state index in [1.165, 1.54) is 6.07 Å². The molecule has 2 saturated heterocycles. The molecule has 3 rings (SSSR count). The molecule has 0 saturated carbocycles. The molecule has 1 unspecified atom stereocenters. The molecule has 0 aliphatic carbocycles. The molecular formula is C17H28N6O4. The van der Waals surface area contributed by atoms with Gasteiger partial charge in [0.05, 0.1) is 6.61 Å². The van der Waals surface area contributed by atoms with Crippen molar-refractivity contribution in [2.45, 2.75) is 18.4 Å². The van der Waals surface area contributed by atoms with Crippen molar-refractivity contribution < 1.29 is 14.6 Å². The van der Waals surface area contributed by atoms with Crippen LogP contribution in [0.25, 0.3) is 0 Å². The largest absolute Gasteiger partial charge is 0.383 e. The van der Waals surface area contributed by atoms with Crippen LogP contribution >= 0.6 is 0 Å². The third-order valence-corrected chi connectivity index (χ3v) is 5.20. The van der Waals surface area contributed by atoms with E-state index in [1.807, 2.05) is 4.90 Å². The number of hydrogen-bond donors (Lipinski definition) is 3. The quantitative estimate of drug-likeness (QED) is 0.543. The van der Waals surface area contributed by atoms with Gasteiger partial charge in [0.1, 0.15) is 5.82 Å². The molecule has 1 aromatic rings. The van der Waals surface area contributed by atoms with Gasteiger partial charge in [0.25, 0.3) is 11.5 Å². The number of aromatic nitrogens is 2. The number of carbonyl (C=O) groups is 1. The number of rotatable bonds is 6. The number of ether oxygens (including phenoxy) is 1. The van der Waals surface area contributed by atoms with Gasteiger partial charge >= 0.3 is 0 Å². The Morgan fingerprint density at radius 1 is 1.30 bits per heavy atom. The highest BCUT2D eigenvalue weighted by molar-refractivity contribution is 5.86. The fourth-order valence-electron chi connectivity index (χ4n) is 3.76. The normalized spacial score (nSPS) is 24.4. The van der Waals surface area contributed by atoms with Crippen molar-refractivity contribution in [1.29, 1.82) is 0 Å². The first-order chi connectivity index (χ1) is 12.9. The number of H-pyrrole nitrogens is 1. The van der Waals surface area contributed by atoms with Crippen LogP contribution in [0.3, 0.4) is 0 Å². The van der Waals surface area contributed by atoms with Gasteiger partial charge in [-0.1, -0.05) is 0 Å². The number of nitrogens with two attached hydrogens (primary N) is 1. The predicted molar refractivity (Wildman–Crippen MR) is 101 cm³/mol. The summed E-state index contributed by atoms with van der Waals surface area (Å²) in [5, 5.41) is 11.0. The Hall–Kier alpha value is -2.17. The number of nitrogen functional groups attached to an aromatic ring is 1. The van der Waals surface area contributed by atoms with Gasteiger partial charge < -0.3 is 25.4 Å². The van der Waals surface area contributed by atoms with E-state index in [1.54, 1.807) is 12.0 Å². The summed E-state index contributed by atoms with van der Waals surface area (Å²) in [6.07, 6.45) is 1.25. The Kier molecular flexibility index (Phi) is 5.98. The number of β-amino-alcohol motifs (C(OH)–C–C–N with tert-alkyl or cyclic N) is 1. The first-order valence-corrected chi connectivity index (χ1v) is 9.26. The van der Waals surface area contributed by atoms with E-state index >= 15 is 0 Å². The molecule has 10 heteroatoms. The van der Waals surface area contributed by atoms with Crippen molar-refractivity contribution in [1.82, 2.24) is 19.8 Å². The molecule has 1 aromatic heterocycles. The number of aliphatic hydroxyl groups is 1. The Morgan fingerprint density at radius 2 is 2.04 bits per heavy atom. The second kappa shape index (κ2) is 8.24. The molecule has 1 atom stereocenters. The summed E-state index contributed by atoms with van der Waals surface area (Å²) in [4.78, 5) is 36.6. The molecule has 150 valence electrons. The van der Waals surface area contributed by atoms with Crippen LogP contribution in [0.2, 0.25) is 0 Å². The maximum Gasteiger partial charge on any atom is 0.255 e. The number of carbonyl (C=O) groups excluding carboxylic acids is 1. The Bertz CT molecular complexity index is 718. The van der Waals surface area contributed by atoms with E-state index < -0.39 is 5.60 Å². The van der Waals surface area contributed by atoms with Gasteiger partial charge in [-0.25, -0.2) is 0 Å². The zero-order valence-electron chi connectivity index (χ0n) is 15.7. The minimum Gasteiger partial charge on any atom is -0.383 e. The lowest BCUT2D eigenvalue weighted by Gasteiger charge is -2.43.